The Hall–Kier alpha value is -0.480. The zero-order valence-corrected chi connectivity index (χ0v) is 5.57. The molecule has 0 atom stereocenters. The van der Waals surface area contributed by atoms with Crippen LogP contribution >= 0.6 is 0 Å². The highest BCUT2D eigenvalue weighted by atomic mass is 14.7. The number of hydrogen-bond donors (Lipinski definition) is 1. The van der Waals surface area contributed by atoms with Crippen LogP contribution in [0.25, 0.3) is 0 Å². The molecule has 8 heavy (non-hydrogen) atoms. The summed E-state index contributed by atoms with van der Waals surface area (Å²) in [6.45, 7) is 3.95. The van der Waals surface area contributed by atoms with Crippen LogP contribution in [0.2, 0.25) is 0 Å². The van der Waals surface area contributed by atoms with E-state index in [2.05, 4.69) is 5.92 Å². The average Bonchev–Trinajstić information content (AvgIpc) is 1.59. The first-order chi connectivity index (χ1) is 3.56. The Labute approximate surface area is 51.3 Å². The minimum absolute atomic E-state index is 0.0909. The fraction of sp³-hybridized carbons (Fsp3) is 0.714. The molecule has 0 unspecified atom stereocenters. The predicted octanol–water partition coefficient (Wildman–Crippen LogP) is 1.14. The normalized spacial score (nSPS) is 10.8. The van der Waals surface area contributed by atoms with Crippen molar-refractivity contribution in [3.8, 4) is 12.3 Å². The van der Waals surface area contributed by atoms with Crippen molar-refractivity contribution in [2.24, 2.45) is 5.73 Å². The Morgan fingerprint density at radius 1 is 1.62 bits per heavy atom. The van der Waals surface area contributed by atoms with Gasteiger partial charge < -0.3 is 5.73 Å². The van der Waals surface area contributed by atoms with Crippen LogP contribution < -0.4 is 5.73 Å². The molecule has 46 valence electrons. The van der Waals surface area contributed by atoms with Crippen LogP contribution in [0.15, 0.2) is 0 Å². The van der Waals surface area contributed by atoms with Crippen molar-refractivity contribution in [1.29, 1.82) is 0 Å². The van der Waals surface area contributed by atoms with Gasteiger partial charge >= 0.3 is 0 Å². The second kappa shape index (κ2) is 2.74. The van der Waals surface area contributed by atoms with Gasteiger partial charge in [0.15, 0.2) is 0 Å². The van der Waals surface area contributed by atoms with Crippen LogP contribution in [-0.2, 0) is 0 Å². The lowest BCUT2D eigenvalue weighted by molar-refractivity contribution is 0.485. The van der Waals surface area contributed by atoms with Gasteiger partial charge in [0.1, 0.15) is 0 Å². The molecule has 1 nitrogen and oxygen atoms in total. The molecule has 0 aliphatic rings. The third kappa shape index (κ3) is 5.52. The molecule has 0 spiro atoms. The van der Waals surface area contributed by atoms with E-state index in [1.807, 2.05) is 13.8 Å². The standard InChI is InChI=1S/C7H13N/c1-4-5-6-7(2,3)8/h1H,5-6,8H2,2-3H3. The van der Waals surface area contributed by atoms with Gasteiger partial charge in [-0.1, -0.05) is 0 Å². The van der Waals surface area contributed by atoms with Gasteiger partial charge in [-0.3, -0.25) is 0 Å². The summed E-state index contributed by atoms with van der Waals surface area (Å²) in [5.41, 5.74) is 5.54. The third-order valence-corrected chi connectivity index (χ3v) is 0.914. The van der Waals surface area contributed by atoms with Gasteiger partial charge in [0.2, 0.25) is 0 Å². The minimum Gasteiger partial charge on any atom is -0.326 e. The first-order valence-electron chi connectivity index (χ1n) is 2.78. The molecule has 0 aromatic carbocycles. The maximum Gasteiger partial charge on any atom is 0.0106 e. The van der Waals surface area contributed by atoms with Gasteiger partial charge in [-0.05, 0) is 20.3 Å². The molecule has 0 saturated carbocycles. The number of rotatable bonds is 2. The lowest BCUT2D eigenvalue weighted by Gasteiger charge is -2.15. The largest absolute Gasteiger partial charge is 0.326 e. The molecule has 2 N–H and O–H groups in total. The van der Waals surface area contributed by atoms with Crippen LogP contribution in [0.5, 0.6) is 0 Å². The lowest BCUT2D eigenvalue weighted by atomic mass is 10.0. The monoisotopic (exact) mass is 111 g/mol. The van der Waals surface area contributed by atoms with Crippen molar-refractivity contribution < 1.29 is 0 Å². The Balaban J connectivity index is 3.28. The lowest BCUT2D eigenvalue weighted by Crippen LogP contribution is -2.31. The average molecular weight is 111 g/mol. The number of nitrogens with two attached hydrogens (primary N) is 1. The molecule has 0 aliphatic heterocycles. The summed E-state index contributed by atoms with van der Waals surface area (Å²) in [4.78, 5) is 0. The van der Waals surface area contributed by atoms with Crippen LogP contribution in [0.3, 0.4) is 0 Å². The quantitative estimate of drug-likeness (QED) is 0.531. The molecule has 0 heterocycles. The van der Waals surface area contributed by atoms with E-state index in [9.17, 15) is 0 Å². The van der Waals surface area contributed by atoms with Crippen LogP contribution in [0.1, 0.15) is 26.7 Å². The summed E-state index contributed by atoms with van der Waals surface area (Å²) in [6, 6.07) is 0. The molecule has 0 aliphatic carbocycles. The second-order valence-electron chi connectivity index (χ2n) is 2.69. The van der Waals surface area contributed by atoms with Crippen molar-refractivity contribution in [3.63, 3.8) is 0 Å². The maximum absolute atomic E-state index is 5.63. The van der Waals surface area contributed by atoms with E-state index in [0.29, 0.717) is 0 Å². The highest BCUT2D eigenvalue weighted by Crippen LogP contribution is 2.04. The van der Waals surface area contributed by atoms with E-state index in [0.717, 1.165) is 12.8 Å². The summed E-state index contributed by atoms with van der Waals surface area (Å²) in [5, 5.41) is 0. The summed E-state index contributed by atoms with van der Waals surface area (Å²) < 4.78 is 0. The van der Waals surface area contributed by atoms with Gasteiger partial charge in [0.05, 0.1) is 0 Å². The highest BCUT2D eigenvalue weighted by Gasteiger charge is 2.07. The van der Waals surface area contributed by atoms with Gasteiger partial charge in [-0.25, -0.2) is 0 Å². The molecule has 0 aromatic rings. The Bertz CT molecular complexity index is 91.9. The van der Waals surface area contributed by atoms with Crippen LogP contribution in [0.4, 0.5) is 0 Å². The van der Waals surface area contributed by atoms with Gasteiger partial charge in [-0.2, -0.15) is 0 Å². The maximum atomic E-state index is 5.63. The number of terminal acetylenes is 1. The molecule has 0 fully saturated rings. The molecule has 0 bridgehead atoms. The van der Waals surface area contributed by atoms with Crippen LogP contribution in [0, 0.1) is 12.3 Å². The fourth-order valence-electron chi connectivity index (χ4n) is 0.394. The third-order valence-electron chi connectivity index (χ3n) is 0.914. The van der Waals surface area contributed by atoms with Gasteiger partial charge in [0, 0.05) is 12.0 Å². The molecule has 0 rings (SSSR count). The first-order valence-corrected chi connectivity index (χ1v) is 2.78. The van der Waals surface area contributed by atoms with Crippen molar-refractivity contribution in [2.75, 3.05) is 0 Å². The van der Waals surface area contributed by atoms with Gasteiger partial charge in [-0.15, -0.1) is 12.3 Å². The molecule has 1 heteroatoms. The van der Waals surface area contributed by atoms with Crippen molar-refractivity contribution in [2.45, 2.75) is 32.2 Å². The fourth-order valence-corrected chi connectivity index (χ4v) is 0.394. The molecule has 0 aromatic heterocycles. The summed E-state index contributed by atoms with van der Waals surface area (Å²) >= 11 is 0. The first kappa shape index (κ1) is 7.52. The summed E-state index contributed by atoms with van der Waals surface area (Å²) in [5.74, 6) is 2.54. The van der Waals surface area contributed by atoms with E-state index in [1.54, 1.807) is 0 Å². The van der Waals surface area contributed by atoms with E-state index in [-0.39, 0.29) is 5.54 Å². The van der Waals surface area contributed by atoms with Crippen molar-refractivity contribution >= 4 is 0 Å². The summed E-state index contributed by atoms with van der Waals surface area (Å²) in [6.07, 6.45) is 6.72. The Kier molecular flexibility index (Phi) is 2.57. The molecule has 0 saturated heterocycles. The van der Waals surface area contributed by atoms with Crippen LogP contribution in [-0.4, -0.2) is 5.54 Å². The zero-order valence-electron chi connectivity index (χ0n) is 5.57. The van der Waals surface area contributed by atoms with E-state index in [1.165, 1.54) is 0 Å². The van der Waals surface area contributed by atoms with Crippen molar-refractivity contribution in [3.05, 3.63) is 0 Å². The molecular weight excluding hydrogens is 98.1 g/mol. The Morgan fingerprint density at radius 2 is 2.12 bits per heavy atom. The Morgan fingerprint density at radius 3 is 2.25 bits per heavy atom. The van der Waals surface area contributed by atoms with E-state index in [4.69, 9.17) is 12.2 Å². The smallest absolute Gasteiger partial charge is 0.0106 e. The number of hydrogen-bond acceptors (Lipinski definition) is 1. The minimum atomic E-state index is -0.0909. The van der Waals surface area contributed by atoms with Crippen molar-refractivity contribution in [1.82, 2.24) is 0 Å². The van der Waals surface area contributed by atoms with E-state index < -0.39 is 0 Å². The topological polar surface area (TPSA) is 26.0 Å². The molecular formula is C7H13N. The van der Waals surface area contributed by atoms with Gasteiger partial charge in [0.25, 0.3) is 0 Å². The zero-order chi connectivity index (χ0) is 6.62. The molecule has 0 amide bonds. The predicted molar refractivity (Wildman–Crippen MR) is 36.3 cm³/mol. The second-order valence-corrected chi connectivity index (χ2v) is 2.69. The van der Waals surface area contributed by atoms with E-state index >= 15 is 0 Å². The highest BCUT2D eigenvalue weighted by molar-refractivity contribution is 4.87. The SMILES string of the molecule is C#CCCC(C)(C)N. The summed E-state index contributed by atoms with van der Waals surface area (Å²) in [7, 11) is 0. The molecule has 0 radical (unpaired) electrons.